The quantitative estimate of drug-likeness (QED) is 0.760. The number of likely N-dealkylation sites (tertiary alicyclic amines) is 1. The van der Waals surface area contributed by atoms with E-state index >= 15 is 0 Å². The number of nitrogens with one attached hydrogen (secondary N) is 2. The minimum absolute atomic E-state index is 0.116. The maximum Gasteiger partial charge on any atom is 0.170 e. The summed E-state index contributed by atoms with van der Waals surface area (Å²) in [5, 5.41) is 0. The van der Waals surface area contributed by atoms with Gasteiger partial charge < -0.3 is 4.90 Å². The maximum absolute atomic E-state index is 13.9. The summed E-state index contributed by atoms with van der Waals surface area (Å²) in [6.07, 6.45) is 3.86. The number of hydrogen-bond acceptors (Lipinski definition) is 4. The predicted octanol–water partition coefficient (Wildman–Crippen LogP) is 3.14. The van der Waals surface area contributed by atoms with Gasteiger partial charge >= 0.3 is 0 Å². The van der Waals surface area contributed by atoms with Crippen molar-refractivity contribution in [2.75, 3.05) is 19.6 Å². The number of halogens is 2. The Hall–Kier alpha value is -1.37. The lowest BCUT2D eigenvalue weighted by Gasteiger charge is -2.33. The summed E-state index contributed by atoms with van der Waals surface area (Å²) >= 11 is 0. The minimum Gasteiger partial charge on any atom is -0.301 e. The van der Waals surface area contributed by atoms with Crippen LogP contribution in [0.1, 0.15) is 49.9 Å². The highest BCUT2D eigenvalue weighted by Gasteiger charge is 2.31. The number of piperidine rings is 1. The molecule has 0 radical (unpaired) electrons. The van der Waals surface area contributed by atoms with Crippen molar-refractivity contribution in [1.29, 1.82) is 0 Å². The van der Waals surface area contributed by atoms with Gasteiger partial charge in [-0.3, -0.25) is 15.6 Å². The number of carbonyl (C=O) groups excluding carboxylic acids is 1. The van der Waals surface area contributed by atoms with Crippen LogP contribution in [0, 0.1) is 23.5 Å². The summed E-state index contributed by atoms with van der Waals surface area (Å²) in [5.74, 6) is -1.08. The third kappa shape index (κ3) is 4.87. The Kier molecular flexibility index (Phi) is 6.37. The van der Waals surface area contributed by atoms with Gasteiger partial charge in [0.1, 0.15) is 11.6 Å². The zero-order valence-electron chi connectivity index (χ0n) is 15.6. The second kappa shape index (κ2) is 8.55. The molecule has 0 spiro atoms. The summed E-state index contributed by atoms with van der Waals surface area (Å²) < 4.78 is 27.3. The van der Waals surface area contributed by atoms with Crippen LogP contribution in [-0.4, -0.2) is 42.4 Å². The molecule has 2 aliphatic heterocycles. The molecule has 26 heavy (non-hydrogen) atoms. The summed E-state index contributed by atoms with van der Waals surface area (Å²) in [6, 6.07) is 3.95. The van der Waals surface area contributed by atoms with E-state index in [0.29, 0.717) is 24.5 Å². The molecule has 2 N–H and O–H groups in total. The van der Waals surface area contributed by atoms with Crippen molar-refractivity contribution in [2.24, 2.45) is 11.8 Å². The molecule has 2 fully saturated rings. The van der Waals surface area contributed by atoms with Crippen molar-refractivity contribution in [1.82, 2.24) is 15.8 Å². The average molecular weight is 365 g/mol. The van der Waals surface area contributed by atoms with Crippen molar-refractivity contribution in [3.05, 3.63) is 35.4 Å². The zero-order chi connectivity index (χ0) is 18.7. The molecule has 1 aromatic carbocycles. The van der Waals surface area contributed by atoms with Gasteiger partial charge in [0.05, 0.1) is 5.56 Å². The van der Waals surface area contributed by atoms with Gasteiger partial charge in [-0.2, -0.15) is 0 Å². The van der Waals surface area contributed by atoms with Gasteiger partial charge in [0.2, 0.25) is 0 Å². The first-order chi connectivity index (χ1) is 12.4. The van der Waals surface area contributed by atoms with Crippen molar-refractivity contribution in [2.45, 2.75) is 51.6 Å². The summed E-state index contributed by atoms with van der Waals surface area (Å²) in [7, 11) is 0. The van der Waals surface area contributed by atoms with Crippen molar-refractivity contribution >= 4 is 5.78 Å². The highest BCUT2D eigenvalue weighted by Crippen LogP contribution is 2.24. The fourth-order valence-electron chi connectivity index (χ4n) is 4.19. The Bertz CT molecular complexity index is 637. The normalized spacial score (nSPS) is 27.2. The Balaban J connectivity index is 1.56. The average Bonchev–Trinajstić information content (AvgIpc) is 3.02. The molecule has 3 atom stereocenters. The topological polar surface area (TPSA) is 44.4 Å². The molecule has 2 heterocycles. The van der Waals surface area contributed by atoms with Gasteiger partial charge in [0.25, 0.3) is 0 Å². The zero-order valence-corrected chi connectivity index (χ0v) is 15.6. The third-order valence-corrected chi connectivity index (χ3v) is 5.37. The second-order valence-corrected chi connectivity index (χ2v) is 8.13. The molecule has 2 aliphatic rings. The molecule has 0 amide bonds. The number of hydrazine groups is 1. The molecule has 4 nitrogen and oxygen atoms in total. The Morgan fingerprint density at radius 2 is 2.04 bits per heavy atom. The van der Waals surface area contributed by atoms with Crippen LogP contribution in [0.15, 0.2) is 18.2 Å². The molecule has 6 heteroatoms. The van der Waals surface area contributed by atoms with E-state index in [1.54, 1.807) is 0 Å². The predicted molar refractivity (Wildman–Crippen MR) is 97.8 cm³/mol. The Labute approximate surface area is 154 Å². The molecular weight excluding hydrogens is 336 g/mol. The van der Waals surface area contributed by atoms with Crippen molar-refractivity contribution in [3.8, 4) is 0 Å². The molecule has 0 bridgehead atoms. The van der Waals surface area contributed by atoms with Crippen LogP contribution in [0.25, 0.3) is 0 Å². The molecule has 1 aromatic rings. The fourth-order valence-corrected chi connectivity index (χ4v) is 4.19. The van der Waals surface area contributed by atoms with E-state index in [4.69, 9.17) is 0 Å². The Morgan fingerprint density at radius 3 is 2.81 bits per heavy atom. The van der Waals surface area contributed by atoms with Gasteiger partial charge in [-0.15, -0.1) is 0 Å². The van der Waals surface area contributed by atoms with E-state index in [0.717, 1.165) is 57.0 Å². The molecule has 2 saturated heterocycles. The van der Waals surface area contributed by atoms with Crippen LogP contribution >= 0.6 is 0 Å². The van der Waals surface area contributed by atoms with Crippen LogP contribution in [0.4, 0.5) is 8.78 Å². The largest absolute Gasteiger partial charge is 0.301 e. The van der Waals surface area contributed by atoms with E-state index in [1.165, 1.54) is 0 Å². The number of rotatable bonds is 6. The van der Waals surface area contributed by atoms with Gasteiger partial charge in [0.15, 0.2) is 5.78 Å². The second-order valence-electron chi connectivity index (χ2n) is 8.13. The molecule has 0 aromatic heterocycles. The SMILES string of the molecule is CC(C)CC1CC(CN2CCCC(C(=O)c3cc(F)ccc3F)C2)NN1. The van der Waals surface area contributed by atoms with E-state index in [2.05, 4.69) is 29.6 Å². The monoisotopic (exact) mass is 365 g/mol. The van der Waals surface area contributed by atoms with Crippen LogP contribution in [0.2, 0.25) is 0 Å². The smallest absolute Gasteiger partial charge is 0.170 e. The van der Waals surface area contributed by atoms with E-state index < -0.39 is 11.6 Å². The Morgan fingerprint density at radius 1 is 1.27 bits per heavy atom. The van der Waals surface area contributed by atoms with Gasteiger partial charge in [-0.25, -0.2) is 8.78 Å². The molecule has 144 valence electrons. The lowest BCUT2D eigenvalue weighted by Crippen LogP contribution is -2.46. The number of nitrogens with zero attached hydrogens (tertiary/aromatic N) is 1. The van der Waals surface area contributed by atoms with Crippen molar-refractivity contribution < 1.29 is 13.6 Å². The highest BCUT2D eigenvalue weighted by atomic mass is 19.1. The van der Waals surface area contributed by atoms with Gasteiger partial charge in [0, 0.05) is 31.1 Å². The summed E-state index contributed by atoms with van der Waals surface area (Å²) in [6.45, 7) is 6.88. The number of Topliss-reactive ketones (excluding diaryl/α,β-unsaturated/α-hetero) is 1. The standard InChI is InChI=1S/C20H29F2N3O/c1-13(2)8-16-10-17(24-23-16)12-25-7-3-4-14(11-25)20(26)18-9-15(21)5-6-19(18)22/h5-6,9,13-14,16-17,23-24H,3-4,7-8,10-12H2,1-2H3. The van der Waals surface area contributed by atoms with E-state index in [-0.39, 0.29) is 17.3 Å². The van der Waals surface area contributed by atoms with Crippen LogP contribution in [0.5, 0.6) is 0 Å². The van der Waals surface area contributed by atoms with Crippen LogP contribution < -0.4 is 10.9 Å². The van der Waals surface area contributed by atoms with Crippen LogP contribution in [0.3, 0.4) is 0 Å². The molecule has 3 rings (SSSR count). The van der Waals surface area contributed by atoms with Gasteiger partial charge in [-0.1, -0.05) is 13.8 Å². The maximum atomic E-state index is 13.9. The molecular formula is C20H29F2N3O. The molecule has 0 saturated carbocycles. The lowest BCUT2D eigenvalue weighted by atomic mass is 9.89. The first-order valence-corrected chi connectivity index (χ1v) is 9.65. The fraction of sp³-hybridized carbons (Fsp3) is 0.650. The first-order valence-electron chi connectivity index (χ1n) is 9.65. The number of carbonyl (C=O) groups is 1. The van der Waals surface area contributed by atoms with Gasteiger partial charge in [-0.05, 0) is 56.3 Å². The van der Waals surface area contributed by atoms with E-state index in [1.807, 2.05) is 0 Å². The minimum atomic E-state index is -0.633. The van der Waals surface area contributed by atoms with E-state index in [9.17, 15) is 13.6 Å². The highest BCUT2D eigenvalue weighted by molar-refractivity contribution is 5.98. The molecule has 3 unspecified atom stereocenters. The molecule has 0 aliphatic carbocycles. The number of hydrogen-bond donors (Lipinski definition) is 2. The summed E-state index contributed by atoms with van der Waals surface area (Å²) in [5.41, 5.74) is 6.62. The number of ketones is 1. The van der Waals surface area contributed by atoms with Crippen molar-refractivity contribution in [3.63, 3.8) is 0 Å². The number of benzene rings is 1. The van der Waals surface area contributed by atoms with Crippen LogP contribution in [-0.2, 0) is 0 Å². The third-order valence-electron chi connectivity index (χ3n) is 5.37. The first kappa shape index (κ1) is 19.4. The summed E-state index contributed by atoms with van der Waals surface area (Å²) in [4.78, 5) is 14.9. The lowest BCUT2D eigenvalue weighted by molar-refractivity contribution is 0.0804.